The van der Waals surface area contributed by atoms with Gasteiger partial charge in [0.1, 0.15) is 10.7 Å². The fourth-order valence-corrected chi connectivity index (χ4v) is 3.54. The molecule has 1 heterocycles. The van der Waals surface area contributed by atoms with Crippen LogP contribution in [0.15, 0.2) is 29.2 Å². The van der Waals surface area contributed by atoms with Crippen molar-refractivity contribution in [2.75, 3.05) is 13.1 Å². The van der Waals surface area contributed by atoms with E-state index in [0.717, 1.165) is 6.07 Å². The van der Waals surface area contributed by atoms with Gasteiger partial charge < -0.3 is 5.73 Å². The quantitative estimate of drug-likeness (QED) is 0.877. The summed E-state index contributed by atoms with van der Waals surface area (Å²) in [4.78, 5) is -0.279. The second-order valence-electron chi connectivity index (χ2n) is 4.42. The average Bonchev–Trinajstić information content (AvgIpc) is 2.25. The van der Waals surface area contributed by atoms with Crippen molar-refractivity contribution in [3.63, 3.8) is 0 Å². The van der Waals surface area contributed by atoms with Crippen LogP contribution in [0.2, 0.25) is 0 Å². The lowest BCUT2D eigenvalue weighted by molar-refractivity contribution is 0.153. The van der Waals surface area contributed by atoms with Crippen LogP contribution < -0.4 is 5.73 Å². The molecular formula is C11H15FN2O2S. The van der Waals surface area contributed by atoms with E-state index < -0.39 is 21.4 Å². The van der Waals surface area contributed by atoms with E-state index in [0.29, 0.717) is 6.42 Å². The van der Waals surface area contributed by atoms with Crippen LogP contribution >= 0.6 is 0 Å². The SMILES string of the molecule is CCC1(N)CN(S(=O)(=O)c2ccccc2F)C1. The molecule has 2 rings (SSSR count). The van der Waals surface area contributed by atoms with Gasteiger partial charge in [-0.1, -0.05) is 19.1 Å². The zero-order chi connectivity index (χ0) is 12.7. The van der Waals surface area contributed by atoms with E-state index in [1.54, 1.807) is 0 Å². The Morgan fingerprint density at radius 3 is 2.53 bits per heavy atom. The number of hydrogen-bond donors (Lipinski definition) is 1. The van der Waals surface area contributed by atoms with Gasteiger partial charge in [0, 0.05) is 18.6 Å². The van der Waals surface area contributed by atoms with Gasteiger partial charge in [0.25, 0.3) is 0 Å². The maximum Gasteiger partial charge on any atom is 0.246 e. The molecule has 0 aromatic heterocycles. The molecule has 1 aliphatic heterocycles. The minimum absolute atomic E-state index is 0.250. The van der Waals surface area contributed by atoms with Gasteiger partial charge in [0.15, 0.2) is 0 Å². The molecule has 94 valence electrons. The molecule has 1 saturated heterocycles. The Labute approximate surface area is 100 Å². The number of sulfonamides is 1. The summed E-state index contributed by atoms with van der Waals surface area (Å²) in [6, 6.07) is 5.38. The Hall–Kier alpha value is -0.980. The minimum atomic E-state index is -3.74. The molecule has 4 nitrogen and oxygen atoms in total. The van der Waals surface area contributed by atoms with E-state index in [9.17, 15) is 12.8 Å². The molecule has 0 radical (unpaired) electrons. The van der Waals surface area contributed by atoms with Crippen molar-refractivity contribution in [2.45, 2.75) is 23.8 Å². The maximum atomic E-state index is 13.4. The van der Waals surface area contributed by atoms with Crippen molar-refractivity contribution in [2.24, 2.45) is 5.73 Å². The van der Waals surface area contributed by atoms with Crippen LogP contribution in [0, 0.1) is 5.82 Å². The molecule has 0 spiro atoms. The van der Waals surface area contributed by atoms with Crippen molar-refractivity contribution in [3.05, 3.63) is 30.1 Å². The smallest absolute Gasteiger partial charge is 0.246 e. The molecule has 0 bridgehead atoms. The highest BCUT2D eigenvalue weighted by molar-refractivity contribution is 7.89. The molecule has 2 N–H and O–H groups in total. The predicted octanol–water partition coefficient (Wildman–Crippen LogP) is 0.937. The third-order valence-electron chi connectivity index (χ3n) is 3.14. The van der Waals surface area contributed by atoms with E-state index in [4.69, 9.17) is 5.73 Å². The van der Waals surface area contributed by atoms with E-state index >= 15 is 0 Å². The van der Waals surface area contributed by atoms with Crippen LogP contribution in [0.4, 0.5) is 4.39 Å². The van der Waals surface area contributed by atoms with Gasteiger partial charge in [-0.2, -0.15) is 4.31 Å². The summed E-state index contributed by atoms with van der Waals surface area (Å²) in [6.45, 7) is 2.41. The largest absolute Gasteiger partial charge is 0.323 e. The monoisotopic (exact) mass is 258 g/mol. The van der Waals surface area contributed by atoms with Crippen molar-refractivity contribution in [1.82, 2.24) is 4.31 Å². The van der Waals surface area contributed by atoms with E-state index in [-0.39, 0.29) is 18.0 Å². The molecule has 17 heavy (non-hydrogen) atoms. The first-order valence-corrected chi connectivity index (χ1v) is 6.87. The molecule has 0 amide bonds. The Morgan fingerprint density at radius 2 is 2.00 bits per heavy atom. The molecule has 0 atom stereocenters. The first-order valence-electron chi connectivity index (χ1n) is 5.43. The second kappa shape index (κ2) is 4.04. The highest BCUT2D eigenvalue weighted by Gasteiger charge is 2.45. The number of benzene rings is 1. The third-order valence-corrected chi connectivity index (χ3v) is 4.97. The second-order valence-corrected chi connectivity index (χ2v) is 6.33. The third kappa shape index (κ3) is 2.08. The van der Waals surface area contributed by atoms with Gasteiger partial charge >= 0.3 is 0 Å². The van der Waals surface area contributed by atoms with E-state index in [1.165, 1.54) is 22.5 Å². The van der Waals surface area contributed by atoms with Gasteiger partial charge in [-0.3, -0.25) is 0 Å². The first-order chi connectivity index (χ1) is 7.89. The lowest BCUT2D eigenvalue weighted by atomic mass is 9.91. The van der Waals surface area contributed by atoms with Crippen LogP contribution in [-0.2, 0) is 10.0 Å². The Kier molecular flexibility index (Phi) is 2.97. The summed E-state index contributed by atoms with van der Waals surface area (Å²) in [5.74, 6) is -0.724. The van der Waals surface area contributed by atoms with Gasteiger partial charge in [-0.05, 0) is 18.6 Å². The Balaban J connectivity index is 2.26. The molecule has 6 heteroatoms. The maximum absolute atomic E-state index is 13.4. The van der Waals surface area contributed by atoms with Crippen molar-refractivity contribution in [1.29, 1.82) is 0 Å². The highest BCUT2D eigenvalue weighted by atomic mass is 32.2. The first kappa shape index (κ1) is 12.5. The number of halogens is 1. The molecule has 1 aromatic carbocycles. The zero-order valence-corrected chi connectivity index (χ0v) is 10.4. The molecule has 1 aliphatic rings. The van der Waals surface area contributed by atoms with Crippen LogP contribution in [0.5, 0.6) is 0 Å². The topological polar surface area (TPSA) is 63.4 Å². The summed E-state index contributed by atoms with van der Waals surface area (Å²) >= 11 is 0. The van der Waals surface area contributed by atoms with E-state index in [1.807, 2.05) is 6.92 Å². The van der Waals surface area contributed by atoms with Crippen LogP contribution in [0.25, 0.3) is 0 Å². The van der Waals surface area contributed by atoms with Gasteiger partial charge in [-0.15, -0.1) is 0 Å². The average molecular weight is 258 g/mol. The standard InChI is InChI=1S/C11H15FN2O2S/c1-2-11(13)7-14(8-11)17(15,16)10-6-4-3-5-9(10)12/h3-6H,2,7-8,13H2,1H3. The molecule has 0 unspecified atom stereocenters. The summed E-state index contributed by atoms with van der Waals surface area (Å²) < 4.78 is 38.8. The highest BCUT2D eigenvalue weighted by Crippen LogP contribution is 2.29. The summed E-state index contributed by atoms with van der Waals surface area (Å²) in [5, 5.41) is 0. The van der Waals surface area contributed by atoms with E-state index in [2.05, 4.69) is 0 Å². The number of hydrogen-bond acceptors (Lipinski definition) is 3. The molecule has 1 fully saturated rings. The summed E-state index contributed by atoms with van der Waals surface area (Å²) in [7, 11) is -3.74. The van der Waals surface area contributed by atoms with Crippen molar-refractivity contribution >= 4 is 10.0 Å². The van der Waals surface area contributed by atoms with Crippen molar-refractivity contribution < 1.29 is 12.8 Å². The fourth-order valence-electron chi connectivity index (χ4n) is 1.84. The molecule has 1 aromatic rings. The lowest BCUT2D eigenvalue weighted by Crippen LogP contribution is -2.68. The van der Waals surface area contributed by atoms with Gasteiger partial charge in [0.2, 0.25) is 10.0 Å². The molecule has 0 aliphatic carbocycles. The van der Waals surface area contributed by atoms with Gasteiger partial charge in [-0.25, -0.2) is 12.8 Å². The lowest BCUT2D eigenvalue weighted by Gasteiger charge is -2.46. The van der Waals surface area contributed by atoms with Gasteiger partial charge in [0.05, 0.1) is 0 Å². The number of rotatable bonds is 3. The zero-order valence-electron chi connectivity index (χ0n) is 9.56. The molecule has 0 saturated carbocycles. The fraction of sp³-hybridized carbons (Fsp3) is 0.455. The minimum Gasteiger partial charge on any atom is -0.323 e. The van der Waals surface area contributed by atoms with Crippen LogP contribution in [0.1, 0.15) is 13.3 Å². The number of nitrogens with zero attached hydrogens (tertiary/aromatic N) is 1. The van der Waals surface area contributed by atoms with Crippen LogP contribution in [0.3, 0.4) is 0 Å². The number of nitrogens with two attached hydrogens (primary N) is 1. The predicted molar refractivity (Wildman–Crippen MR) is 62.4 cm³/mol. The normalized spacial score (nSPS) is 19.9. The van der Waals surface area contributed by atoms with Crippen LogP contribution in [-0.4, -0.2) is 31.4 Å². The Bertz CT molecular complexity index is 524. The van der Waals surface area contributed by atoms with Crippen molar-refractivity contribution in [3.8, 4) is 0 Å². The summed E-state index contributed by atoms with van der Waals surface area (Å²) in [6.07, 6.45) is 0.705. The molecular weight excluding hydrogens is 243 g/mol. The Morgan fingerprint density at radius 1 is 1.41 bits per heavy atom. The summed E-state index contributed by atoms with van der Waals surface area (Å²) in [5.41, 5.74) is 5.45.